The van der Waals surface area contributed by atoms with Crippen molar-refractivity contribution in [2.75, 3.05) is 5.73 Å². The van der Waals surface area contributed by atoms with Gasteiger partial charge in [0.25, 0.3) is 0 Å². The zero-order valence-electron chi connectivity index (χ0n) is 12.1. The van der Waals surface area contributed by atoms with Gasteiger partial charge in [-0.15, -0.1) is 0 Å². The number of aryl methyl sites for hydroxylation is 2. The summed E-state index contributed by atoms with van der Waals surface area (Å²) < 4.78 is 27.2. The topological polar surface area (TPSA) is 115 Å². The van der Waals surface area contributed by atoms with Gasteiger partial charge in [-0.25, -0.2) is 13.1 Å². The van der Waals surface area contributed by atoms with E-state index in [2.05, 4.69) is 4.72 Å². The number of carbonyl (C=O) groups is 1. The van der Waals surface area contributed by atoms with Crippen LogP contribution in [0.4, 0.5) is 5.69 Å². The smallest absolute Gasteiger partial charge is 0.243 e. The lowest BCUT2D eigenvalue weighted by Crippen LogP contribution is -2.46. The number of benzene rings is 1. The summed E-state index contributed by atoms with van der Waals surface area (Å²) >= 11 is 0. The van der Waals surface area contributed by atoms with Crippen LogP contribution >= 0.6 is 0 Å². The summed E-state index contributed by atoms with van der Waals surface area (Å²) in [4.78, 5) is 11.0. The van der Waals surface area contributed by atoms with Crippen LogP contribution in [0.5, 0.6) is 0 Å². The van der Waals surface area contributed by atoms with Crippen molar-refractivity contribution in [2.45, 2.75) is 44.6 Å². The highest BCUT2D eigenvalue weighted by Gasteiger charge is 2.29. The van der Waals surface area contributed by atoms with Gasteiger partial charge in [0, 0.05) is 12.0 Å². The highest BCUT2D eigenvalue weighted by Crippen LogP contribution is 2.24. The number of hydrogen-bond acceptors (Lipinski definition) is 4. The molecular formula is C13H21N3O3S. The molecule has 0 fully saturated rings. The van der Waals surface area contributed by atoms with E-state index in [0.717, 1.165) is 11.1 Å². The van der Waals surface area contributed by atoms with E-state index in [1.165, 1.54) is 6.07 Å². The molecule has 20 heavy (non-hydrogen) atoms. The molecule has 0 radical (unpaired) electrons. The summed E-state index contributed by atoms with van der Waals surface area (Å²) in [5.74, 6) is -0.578. The molecule has 0 aliphatic heterocycles. The van der Waals surface area contributed by atoms with E-state index in [0.29, 0.717) is 0 Å². The third kappa shape index (κ3) is 3.94. The maximum Gasteiger partial charge on any atom is 0.243 e. The molecule has 0 aromatic heterocycles. The largest absolute Gasteiger partial charge is 0.398 e. The first-order chi connectivity index (χ1) is 8.94. The second-order valence-electron chi connectivity index (χ2n) is 5.61. The van der Waals surface area contributed by atoms with E-state index in [1.807, 2.05) is 13.8 Å². The van der Waals surface area contributed by atoms with Crippen molar-refractivity contribution in [3.05, 3.63) is 23.3 Å². The molecule has 5 N–H and O–H groups in total. The van der Waals surface area contributed by atoms with Gasteiger partial charge in [-0.3, -0.25) is 4.79 Å². The molecule has 0 spiro atoms. The van der Waals surface area contributed by atoms with Gasteiger partial charge in [-0.2, -0.15) is 0 Å². The summed E-state index contributed by atoms with van der Waals surface area (Å²) in [5.41, 5.74) is 11.8. The molecule has 1 aromatic rings. The Bertz CT molecular complexity index is 637. The standard InChI is InChI=1S/C13H21N3O3S/c1-8-5-10(14)11(6-9(8)2)20(18,19)16-13(3,4)7-12(15)17/h5-6,16H,7,14H2,1-4H3,(H2,15,17). The van der Waals surface area contributed by atoms with Gasteiger partial charge >= 0.3 is 0 Å². The molecule has 0 heterocycles. The molecule has 0 saturated carbocycles. The number of amides is 1. The molecule has 0 unspecified atom stereocenters. The van der Waals surface area contributed by atoms with E-state index >= 15 is 0 Å². The lowest BCUT2D eigenvalue weighted by molar-refractivity contribution is -0.119. The molecule has 0 bridgehead atoms. The van der Waals surface area contributed by atoms with E-state index in [9.17, 15) is 13.2 Å². The van der Waals surface area contributed by atoms with Crippen LogP contribution in [0.3, 0.4) is 0 Å². The average Bonchev–Trinajstić information content (AvgIpc) is 2.19. The number of primary amides is 1. The van der Waals surface area contributed by atoms with Gasteiger partial charge in [0.15, 0.2) is 0 Å². The molecule has 1 amide bonds. The SMILES string of the molecule is Cc1cc(N)c(S(=O)(=O)NC(C)(C)CC(N)=O)cc1C. The Morgan fingerprint density at radius 1 is 1.25 bits per heavy atom. The van der Waals surface area contributed by atoms with Crippen LogP contribution in [0.15, 0.2) is 17.0 Å². The van der Waals surface area contributed by atoms with Crippen molar-refractivity contribution in [1.29, 1.82) is 0 Å². The molecule has 0 atom stereocenters. The predicted octanol–water partition coefficient (Wildman–Crippen LogP) is 0.818. The third-order valence-corrected chi connectivity index (χ3v) is 4.70. The monoisotopic (exact) mass is 299 g/mol. The van der Waals surface area contributed by atoms with Gasteiger partial charge in [0.2, 0.25) is 15.9 Å². The fraction of sp³-hybridized carbons (Fsp3) is 0.462. The number of sulfonamides is 1. The number of hydrogen-bond donors (Lipinski definition) is 3. The first-order valence-electron chi connectivity index (χ1n) is 6.13. The zero-order chi connectivity index (χ0) is 15.7. The molecule has 112 valence electrons. The fourth-order valence-electron chi connectivity index (χ4n) is 1.94. The minimum Gasteiger partial charge on any atom is -0.398 e. The second-order valence-corrected chi connectivity index (χ2v) is 7.26. The van der Waals surface area contributed by atoms with Gasteiger partial charge in [0.1, 0.15) is 4.90 Å². The summed E-state index contributed by atoms with van der Waals surface area (Å²) in [6, 6.07) is 3.14. The van der Waals surface area contributed by atoms with E-state index in [4.69, 9.17) is 11.5 Å². The Kier molecular flexibility index (Phi) is 4.45. The molecule has 6 nitrogen and oxygen atoms in total. The summed E-state index contributed by atoms with van der Waals surface area (Å²) in [6.45, 7) is 6.84. The van der Waals surface area contributed by atoms with Crippen LogP contribution in [0.25, 0.3) is 0 Å². The number of carbonyl (C=O) groups excluding carboxylic acids is 1. The summed E-state index contributed by atoms with van der Waals surface area (Å²) in [5, 5.41) is 0. The van der Waals surface area contributed by atoms with Crippen LogP contribution in [-0.2, 0) is 14.8 Å². The van der Waals surface area contributed by atoms with Crippen LogP contribution in [0.2, 0.25) is 0 Å². The maximum atomic E-state index is 12.4. The molecule has 1 rings (SSSR count). The molecule has 1 aromatic carbocycles. The molecule has 0 saturated heterocycles. The Labute approximate surface area is 119 Å². The molecule has 7 heteroatoms. The number of nitrogens with one attached hydrogen (secondary N) is 1. The summed E-state index contributed by atoms with van der Waals surface area (Å²) in [7, 11) is -3.82. The number of nitrogens with two attached hydrogens (primary N) is 2. The Balaban J connectivity index is 3.18. The highest BCUT2D eigenvalue weighted by molar-refractivity contribution is 7.89. The van der Waals surface area contributed by atoms with Crippen molar-refractivity contribution < 1.29 is 13.2 Å². The lowest BCUT2D eigenvalue weighted by Gasteiger charge is -2.25. The van der Waals surface area contributed by atoms with Crippen molar-refractivity contribution in [3.63, 3.8) is 0 Å². The third-order valence-electron chi connectivity index (χ3n) is 2.94. The first kappa shape index (κ1) is 16.5. The van der Waals surface area contributed by atoms with Crippen molar-refractivity contribution in [1.82, 2.24) is 4.72 Å². The van der Waals surface area contributed by atoms with Crippen LogP contribution in [0, 0.1) is 13.8 Å². The number of nitrogen functional groups attached to an aromatic ring is 1. The number of rotatable bonds is 5. The highest BCUT2D eigenvalue weighted by atomic mass is 32.2. The van der Waals surface area contributed by atoms with Crippen LogP contribution in [0.1, 0.15) is 31.4 Å². The Hall–Kier alpha value is -1.60. The van der Waals surface area contributed by atoms with E-state index < -0.39 is 21.5 Å². The summed E-state index contributed by atoms with van der Waals surface area (Å²) in [6.07, 6.45) is -0.100. The normalized spacial score (nSPS) is 12.4. The quantitative estimate of drug-likeness (QED) is 0.698. The lowest BCUT2D eigenvalue weighted by atomic mass is 10.0. The van der Waals surface area contributed by atoms with Gasteiger partial charge < -0.3 is 11.5 Å². The van der Waals surface area contributed by atoms with Crippen molar-refractivity contribution in [3.8, 4) is 0 Å². The van der Waals surface area contributed by atoms with Gasteiger partial charge in [0.05, 0.1) is 5.69 Å². The van der Waals surface area contributed by atoms with E-state index in [1.54, 1.807) is 19.9 Å². The maximum absolute atomic E-state index is 12.4. The minimum atomic E-state index is -3.82. The molecule has 0 aliphatic rings. The first-order valence-corrected chi connectivity index (χ1v) is 7.62. The van der Waals surface area contributed by atoms with Gasteiger partial charge in [-0.1, -0.05) is 0 Å². The number of anilines is 1. The van der Waals surface area contributed by atoms with E-state index in [-0.39, 0.29) is 17.0 Å². The average molecular weight is 299 g/mol. The predicted molar refractivity (Wildman–Crippen MR) is 78.5 cm³/mol. The second kappa shape index (κ2) is 5.41. The van der Waals surface area contributed by atoms with Crippen molar-refractivity contribution in [2.24, 2.45) is 5.73 Å². The molecule has 0 aliphatic carbocycles. The van der Waals surface area contributed by atoms with Crippen LogP contribution < -0.4 is 16.2 Å². The van der Waals surface area contributed by atoms with Crippen LogP contribution in [-0.4, -0.2) is 19.9 Å². The zero-order valence-corrected chi connectivity index (χ0v) is 13.0. The van der Waals surface area contributed by atoms with Gasteiger partial charge in [-0.05, 0) is 51.0 Å². The fourth-order valence-corrected chi connectivity index (χ4v) is 3.55. The molecular weight excluding hydrogens is 278 g/mol. The minimum absolute atomic E-state index is 0.0122. The Morgan fingerprint density at radius 2 is 1.75 bits per heavy atom. The Morgan fingerprint density at radius 3 is 2.25 bits per heavy atom. The van der Waals surface area contributed by atoms with Crippen molar-refractivity contribution >= 4 is 21.6 Å².